The standard InChI is InChI=1S/C22H26N2O3S/c1-17-8-4-5-9-19(17)16-22(2,3)24-21(25)18-10-12-20(13-11-18)28(26,27)15-7-6-14-23/h4-5,8-13H,6-7,15-16H2,1-3H3,(H,24,25). The summed E-state index contributed by atoms with van der Waals surface area (Å²) in [4.78, 5) is 12.8. The Morgan fingerprint density at radius 1 is 1.11 bits per heavy atom. The average molecular weight is 399 g/mol. The SMILES string of the molecule is Cc1ccccc1CC(C)(C)NC(=O)c1ccc(S(=O)(=O)CCCC#N)cc1. The van der Waals surface area contributed by atoms with Gasteiger partial charge in [0.1, 0.15) is 0 Å². The molecule has 0 heterocycles. The number of benzene rings is 2. The van der Waals surface area contributed by atoms with Crippen molar-refractivity contribution in [1.29, 1.82) is 5.26 Å². The van der Waals surface area contributed by atoms with Crippen LogP contribution in [0.5, 0.6) is 0 Å². The van der Waals surface area contributed by atoms with Crippen molar-refractivity contribution in [2.45, 2.75) is 50.5 Å². The van der Waals surface area contributed by atoms with Crippen molar-refractivity contribution in [2.75, 3.05) is 5.75 Å². The molecule has 5 nitrogen and oxygen atoms in total. The molecular formula is C22H26N2O3S. The van der Waals surface area contributed by atoms with Crippen molar-refractivity contribution in [2.24, 2.45) is 0 Å². The van der Waals surface area contributed by atoms with Crippen LogP contribution in [0.15, 0.2) is 53.4 Å². The van der Waals surface area contributed by atoms with Crippen LogP contribution in [-0.4, -0.2) is 25.6 Å². The van der Waals surface area contributed by atoms with Gasteiger partial charge in [0.2, 0.25) is 0 Å². The lowest BCUT2D eigenvalue weighted by molar-refractivity contribution is 0.0913. The first kappa shape index (κ1) is 21.6. The molecule has 1 amide bonds. The monoisotopic (exact) mass is 398 g/mol. The van der Waals surface area contributed by atoms with Gasteiger partial charge in [0.05, 0.1) is 16.7 Å². The third-order valence-corrected chi connectivity index (χ3v) is 6.34. The molecule has 28 heavy (non-hydrogen) atoms. The highest BCUT2D eigenvalue weighted by Gasteiger charge is 2.23. The number of carbonyl (C=O) groups excluding carboxylic acids is 1. The van der Waals surface area contributed by atoms with E-state index in [2.05, 4.69) is 11.4 Å². The molecule has 0 radical (unpaired) electrons. The minimum Gasteiger partial charge on any atom is -0.347 e. The van der Waals surface area contributed by atoms with Crippen LogP contribution in [0.1, 0.15) is 48.2 Å². The number of unbranched alkanes of at least 4 members (excludes halogenated alkanes) is 1. The van der Waals surface area contributed by atoms with E-state index in [0.717, 1.165) is 0 Å². The zero-order valence-corrected chi connectivity index (χ0v) is 17.3. The molecule has 0 aromatic heterocycles. The van der Waals surface area contributed by atoms with Crippen molar-refractivity contribution in [3.05, 3.63) is 65.2 Å². The molecule has 2 aromatic rings. The van der Waals surface area contributed by atoms with Crippen molar-refractivity contribution in [1.82, 2.24) is 5.32 Å². The van der Waals surface area contributed by atoms with E-state index in [4.69, 9.17) is 5.26 Å². The summed E-state index contributed by atoms with van der Waals surface area (Å²) < 4.78 is 24.5. The molecule has 0 aliphatic carbocycles. The number of hydrogen-bond donors (Lipinski definition) is 1. The molecule has 0 spiro atoms. The highest BCUT2D eigenvalue weighted by Crippen LogP contribution is 2.18. The number of nitrogens with one attached hydrogen (secondary N) is 1. The van der Waals surface area contributed by atoms with Crippen LogP contribution < -0.4 is 5.32 Å². The molecule has 148 valence electrons. The zero-order valence-electron chi connectivity index (χ0n) is 16.5. The van der Waals surface area contributed by atoms with Gasteiger partial charge in [-0.2, -0.15) is 5.26 Å². The number of hydrogen-bond acceptors (Lipinski definition) is 4. The molecule has 0 bridgehead atoms. The molecule has 0 atom stereocenters. The van der Waals surface area contributed by atoms with Crippen LogP contribution in [0.3, 0.4) is 0 Å². The molecule has 2 rings (SSSR count). The largest absolute Gasteiger partial charge is 0.347 e. The molecule has 0 aliphatic rings. The van der Waals surface area contributed by atoms with Crippen LogP contribution in [0.2, 0.25) is 0 Å². The summed E-state index contributed by atoms with van der Waals surface area (Å²) in [5.41, 5.74) is 2.31. The number of nitriles is 1. The van der Waals surface area contributed by atoms with E-state index in [1.54, 1.807) is 0 Å². The lowest BCUT2D eigenvalue weighted by Crippen LogP contribution is -2.45. The molecule has 6 heteroatoms. The van der Waals surface area contributed by atoms with E-state index >= 15 is 0 Å². The third-order valence-electron chi connectivity index (χ3n) is 4.52. The van der Waals surface area contributed by atoms with Crippen molar-refractivity contribution in [3.8, 4) is 6.07 Å². The van der Waals surface area contributed by atoms with E-state index < -0.39 is 15.4 Å². The van der Waals surface area contributed by atoms with E-state index in [-0.39, 0.29) is 23.0 Å². The van der Waals surface area contributed by atoms with Gasteiger partial charge in [0, 0.05) is 17.5 Å². The number of amides is 1. The van der Waals surface area contributed by atoms with Crippen LogP contribution in [-0.2, 0) is 16.3 Å². The van der Waals surface area contributed by atoms with Gasteiger partial charge in [0.25, 0.3) is 5.91 Å². The van der Waals surface area contributed by atoms with Crippen LogP contribution in [0.4, 0.5) is 0 Å². The Morgan fingerprint density at radius 2 is 1.75 bits per heavy atom. The highest BCUT2D eigenvalue weighted by atomic mass is 32.2. The fourth-order valence-corrected chi connectivity index (χ4v) is 4.29. The molecular weight excluding hydrogens is 372 g/mol. The summed E-state index contributed by atoms with van der Waals surface area (Å²) in [7, 11) is -3.44. The summed E-state index contributed by atoms with van der Waals surface area (Å²) in [5.74, 6) is -0.317. The molecule has 0 saturated carbocycles. The Bertz CT molecular complexity index is 972. The third kappa shape index (κ3) is 5.93. The predicted molar refractivity (Wildman–Crippen MR) is 110 cm³/mol. The summed E-state index contributed by atoms with van der Waals surface area (Å²) in [6.45, 7) is 5.97. The molecule has 0 aliphatic heterocycles. The molecule has 0 unspecified atom stereocenters. The van der Waals surface area contributed by atoms with Gasteiger partial charge in [0.15, 0.2) is 9.84 Å². The second-order valence-corrected chi connectivity index (χ2v) is 9.66. The Hall–Kier alpha value is -2.65. The lowest BCUT2D eigenvalue weighted by atomic mass is 9.92. The maximum atomic E-state index is 12.6. The summed E-state index contributed by atoms with van der Waals surface area (Å²) >= 11 is 0. The first-order chi connectivity index (χ1) is 13.1. The van der Waals surface area contributed by atoms with Gasteiger partial charge in [-0.15, -0.1) is 0 Å². The molecule has 0 saturated heterocycles. The van der Waals surface area contributed by atoms with Crippen LogP contribution >= 0.6 is 0 Å². The normalized spacial score (nSPS) is 11.6. The van der Waals surface area contributed by atoms with Gasteiger partial charge in [-0.1, -0.05) is 24.3 Å². The Kier molecular flexibility index (Phi) is 6.98. The predicted octanol–water partition coefficient (Wildman–Crippen LogP) is 3.82. The minimum atomic E-state index is -3.44. The maximum Gasteiger partial charge on any atom is 0.251 e. The quantitative estimate of drug-likeness (QED) is 0.685. The highest BCUT2D eigenvalue weighted by molar-refractivity contribution is 7.91. The smallest absolute Gasteiger partial charge is 0.251 e. The number of sulfone groups is 1. The minimum absolute atomic E-state index is 0.0738. The fourth-order valence-electron chi connectivity index (χ4n) is 2.98. The summed E-state index contributed by atoms with van der Waals surface area (Å²) in [6.07, 6.45) is 1.20. The summed E-state index contributed by atoms with van der Waals surface area (Å²) in [6, 6.07) is 16.0. The number of nitrogens with zero attached hydrogens (tertiary/aromatic N) is 1. The van der Waals surface area contributed by atoms with Gasteiger partial charge in [-0.3, -0.25) is 4.79 Å². The van der Waals surface area contributed by atoms with Crippen molar-refractivity contribution in [3.63, 3.8) is 0 Å². The second-order valence-electron chi connectivity index (χ2n) is 7.55. The first-order valence-electron chi connectivity index (χ1n) is 9.21. The average Bonchev–Trinajstić information content (AvgIpc) is 2.63. The van der Waals surface area contributed by atoms with E-state index in [1.165, 1.54) is 35.4 Å². The second kappa shape index (κ2) is 9.03. The Balaban J connectivity index is 2.06. The maximum absolute atomic E-state index is 12.6. The lowest BCUT2D eigenvalue weighted by Gasteiger charge is -2.27. The van der Waals surface area contributed by atoms with Crippen molar-refractivity contribution < 1.29 is 13.2 Å². The van der Waals surface area contributed by atoms with Crippen molar-refractivity contribution >= 4 is 15.7 Å². The van der Waals surface area contributed by atoms with Crippen LogP contribution in [0.25, 0.3) is 0 Å². The molecule has 2 aromatic carbocycles. The van der Waals surface area contributed by atoms with E-state index in [1.807, 2.05) is 45.0 Å². The zero-order chi connectivity index (χ0) is 20.8. The molecule has 1 N–H and O–H groups in total. The van der Waals surface area contributed by atoms with Gasteiger partial charge >= 0.3 is 0 Å². The van der Waals surface area contributed by atoms with Gasteiger partial charge < -0.3 is 5.32 Å². The number of rotatable bonds is 8. The fraction of sp³-hybridized carbons (Fsp3) is 0.364. The van der Waals surface area contributed by atoms with Crippen LogP contribution in [0, 0.1) is 18.3 Å². The van der Waals surface area contributed by atoms with Gasteiger partial charge in [-0.05, 0) is 69.0 Å². The topological polar surface area (TPSA) is 87.0 Å². The first-order valence-corrected chi connectivity index (χ1v) is 10.9. The van der Waals surface area contributed by atoms with E-state index in [9.17, 15) is 13.2 Å². The number of carbonyl (C=O) groups is 1. The number of aryl methyl sites for hydroxylation is 1. The Labute approximate surface area is 167 Å². The van der Waals surface area contributed by atoms with E-state index in [0.29, 0.717) is 18.4 Å². The molecule has 0 fully saturated rings. The van der Waals surface area contributed by atoms with Gasteiger partial charge in [-0.25, -0.2) is 8.42 Å². The Morgan fingerprint density at radius 3 is 2.36 bits per heavy atom. The summed E-state index contributed by atoms with van der Waals surface area (Å²) in [5, 5.41) is 11.6.